The Balaban J connectivity index is 1.91. The summed E-state index contributed by atoms with van der Waals surface area (Å²) in [5, 5.41) is 28.0. The zero-order chi connectivity index (χ0) is 59.1. The summed E-state index contributed by atoms with van der Waals surface area (Å²) < 4.78 is 11.6. The summed E-state index contributed by atoms with van der Waals surface area (Å²) in [5.41, 5.74) is 6.16. The number of esters is 2. The molecule has 1 saturated heterocycles. The van der Waals surface area contributed by atoms with Gasteiger partial charge in [-0.25, -0.2) is 9.78 Å². The third-order valence-electron chi connectivity index (χ3n) is 13.9. The Bertz CT molecular complexity index is 2370. The van der Waals surface area contributed by atoms with E-state index in [-0.39, 0.29) is 85.4 Å². The maximum absolute atomic E-state index is 15.0. The van der Waals surface area contributed by atoms with Crippen molar-refractivity contribution in [2.24, 2.45) is 35.3 Å². The number of nitrogens with one attached hydrogen (secondary N) is 6. The van der Waals surface area contributed by atoms with E-state index in [1.54, 1.807) is 38.1 Å². The second-order valence-electron chi connectivity index (χ2n) is 21.7. The monoisotopic (exact) mass is 1130 g/mol. The molecule has 23 nitrogen and oxygen atoms in total. The molecule has 9 N–H and O–H groups in total. The summed E-state index contributed by atoms with van der Waals surface area (Å²) in [7, 11) is 1.88. The molecule has 2 aromatic rings. The molecule has 3 rings (SSSR count). The van der Waals surface area contributed by atoms with E-state index < -0.39 is 103 Å². The number of ether oxygens (including phenoxy) is 2. The predicted molar refractivity (Wildman–Crippen MR) is 297 cm³/mol. The molecule has 0 spiro atoms. The van der Waals surface area contributed by atoms with Crippen LogP contribution in [0, 0.1) is 29.6 Å². The van der Waals surface area contributed by atoms with Gasteiger partial charge in [-0.3, -0.25) is 48.1 Å². The number of nitrogens with two attached hydrogens (primary N) is 1. The van der Waals surface area contributed by atoms with Crippen LogP contribution in [0.2, 0.25) is 0 Å². The minimum atomic E-state index is -1.09. The molecule has 440 valence electrons. The van der Waals surface area contributed by atoms with Gasteiger partial charge in [0.05, 0.1) is 12.0 Å². The van der Waals surface area contributed by atoms with E-state index in [4.69, 9.17) is 15.2 Å². The minimum Gasteiger partial charge on any atom is -0.481 e. The van der Waals surface area contributed by atoms with Crippen LogP contribution in [0.25, 0.3) is 0 Å². The first-order valence-electron chi connectivity index (χ1n) is 27.3. The van der Waals surface area contributed by atoms with E-state index in [0.717, 1.165) is 30.7 Å². The third-order valence-corrected chi connectivity index (χ3v) is 14.9. The van der Waals surface area contributed by atoms with Gasteiger partial charge in [0, 0.05) is 49.5 Å². The molecule has 1 aromatic heterocycles. The summed E-state index contributed by atoms with van der Waals surface area (Å²) in [5.74, 6) is -6.61. The molecule has 1 aliphatic heterocycles. The SMILES string of the molecule is CC[C@H](C)[C@H](NC(=O)[C@H]1CCCCN1C)C(=O)N(COC(=O)CC(C)C)[C@H](C[C@@H](OC(C)=O)c1nc(C(=O)N[C@@H](Cc2ccc(NC(=O)[C@H](CCCNC(N)=O)NC(=O)[C@@H](NC=O)C(C)C)cc2)CC(C)C(=O)O)cs1)C(C)C. The molecule has 8 amide bonds. The van der Waals surface area contributed by atoms with E-state index in [9.17, 15) is 53.1 Å². The molecule has 0 saturated carbocycles. The van der Waals surface area contributed by atoms with Crippen molar-refractivity contribution in [2.75, 3.05) is 32.2 Å². The van der Waals surface area contributed by atoms with E-state index in [2.05, 4.69) is 36.9 Å². The number of primary amides is 1. The molecular weight excluding hydrogens is 1040 g/mol. The quantitative estimate of drug-likeness (QED) is 0.0209. The molecule has 24 heteroatoms. The first-order chi connectivity index (χ1) is 37.3. The Morgan fingerprint density at radius 2 is 1.59 bits per heavy atom. The summed E-state index contributed by atoms with van der Waals surface area (Å²) in [6.45, 7) is 17.9. The number of likely N-dealkylation sites (N-methyl/N-ethyl adjacent to an activating group) is 1. The topological polar surface area (TPSA) is 327 Å². The van der Waals surface area contributed by atoms with Crippen molar-refractivity contribution in [1.29, 1.82) is 0 Å². The number of amides is 8. The van der Waals surface area contributed by atoms with E-state index in [1.165, 1.54) is 24.1 Å². The number of aromatic nitrogens is 1. The second kappa shape index (κ2) is 33.0. The van der Waals surface area contributed by atoms with Gasteiger partial charge in [0.15, 0.2) is 12.8 Å². The Morgan fingerprint density at radius 1 is 0.911 bits per heavy atom. The van der Waals surface area contributed by atoms with Gasteiger partial charge in [0.1, 0.15) is 28.8 Å². The van der Waals surface area contributed by atoms with Crippen LogP contribution >= 0.6 is 11.3 Å². The van der Waals surface area contributed by atoms with Gasteiger partial charge < -0.3 is 57.1 Å². The second-order valence-corrected chi connectivity index (χ2v) is 22.6. The number of hydrogen-bond acceptors (Lipinski definition) is 15. The zero-order valence-corrected chi connectivity index (χ0v) is 48.6. The van der Waals surface area contributed by atoms with Gasteiger partial charge in [0.25, 0.3) is 5.91 Å². The molecule has 0 bridgehead atoms. The van der Waals surface area contributed by atoms with Crippen molar-refractivity contribution < 1.29 is 62.5 Å². The molecule has 79 heavy (non-hydrogen) atoms. The molecular formula is C55H86N10O13S. The molecule has 2 heterocycles. The number of carboxylic acid groups (broad SMARTS) is 1. The van der Waals surface area contributed by atoms with Gasteiger partial charge in [-0.05, 0) is 93.5 Å². The van der Waals surface area contributed by atoms with Gasteiger partial charge >= 0.3 is 23.9 Å². The molecule has 1 aromatic carbocycles. The lowest BCUT2D eigenvalue weighted by atomic mass is 9.92. The molecule has 1 fully saturated rings. The van der Waals surface area contributed by atoms with Crippen molar-refractivity contribution in [3.05, 3.63) is 45.9 Å². The lowest BCUT2D eigenvalue weighted by Crippen LogP contribution is -2.59. The van der Waals surface area contributed by atoms with Crippen LogP contribution in [0.15, 0.2) is 29.6 Å². The Hall–Kier alpha value is -6.69. The van der Waals surface area contributed by atoms with Crippen LogP contribution in [0.3, 0.4) is 0 Å². The molecule has 1 unspecified atom stereocenters. The summed E-state index contributed by atoms with van der Waals surface area (Å²) >= 11 is 1.05. The number of thiazole rings is 1. The fourth-order valence-electron chi connectivity index (χ4n) is 9.20. The number of aliphatic carboxylic acids is 1. The maximum Gasteiger partial charge on any atom is 0.312 e. The standard InChI is InChI=1S/C55H86N10O13S/c1-12-34(8)47(63-50(71)42-17-13-14-23-64(42)11)53(73)65(30-77-45(68)24-31(2)3)43(32(4)5)27-44(78-36(10)67)52-62-41(28-79-52)49(70)60-39(25-35(9)54(74)75)26-37-18-20-38(21-19-37)59-48(69)40(16-15-22-57-55(56)76)61-51(72)46(33(6)7)58-29-66/h18-21,28-29,31-35,39-40,42-44,46-47H,12-17,22-27,30H2,1-11H3,(H,58,66)(H,59,69)(H,60,70)(H,61,72)(H,63,71)(H,74,75)(H3,56,57,76)/t34-,35?,39+,40-,42+,43+,44+,46-,47-/m0/s1. The van der Waals surface area contributed by atoms with Crippen LogP contribution < -0.4 is 37.6 Å². The minimum absolute atomic E-state index is 0.0199. The van der Waals surface area contributed by atoms with Crippen molar-refractivity contribution in [2.45, 2.75) is 176 Å². The van der Waals surface area contributed by atoms with E-state index in [1.807, 2.05) is 53.5 Å². The number of benzene rings is 1. The highest BCUT2D eigenvalue weighted by atomic mass is 32.1. The number of anilines is 1. The lowest BCUT2D eigenvalue weighted by molar-refractivity contribution is -0.161. The fraction of sp³-hybridized carbons (Fsp3) is 0.655. The van der Waals surface area contributed by atoms with Crippen molar-refractivity contribution in [3.8, 4) is 0 Å². The van der Waals surface area contributed by atoms with Crippen molar-refractivity contribution in [1.82, 2.24) is 41.4 Å². The predicted octanol–water partition coefficient (Wildman–Crippen LogP) is 4.65. The summed E-state index contributed by atoms with van der Waals surface area (Å²) in [6.07, 6.45) is 2.99. The molecule has 0 radical (unpaired) electrons. The molecule has 0 aliphatic carbocycles. The number of carbonyl (C=O) groups is 10. The summed E-state index contributed by atoms with van der Waals surface area (Å²) in [6, 6.07) is 0.991. The van der Waals surface area contributed by atoms with E-state index in [0.29, 0.717) is 30.5 Å². The smallest absolute Gasteiger partial charge is 0.312 e. The number of hydrogen-bond donors (Lipinski definition) is 8. The van der Waals surface area contributed by atoms with Crippen LogP contribution in [0.1, 0.15) is 154 Å². The third kappa shape index (κ3) is 22.2. The van der Waals surface area contributed by atoms with Gasteiger partial charge in [-0.15, -0.1) is 11.3 Å². The Labute approximate surface area is 468 Å². The van der Waals surface area contributed by atoms with Gasteiger partial charge in [-0.1, -0.05) is 87.3 Å². The highest BCUT2D eigenvalue weighted by Crippen LogP contribution is 2.32. The molecule has 9 atom stereocenters. The Morgan fingerprint density at radius 3 is 2.16 bits per heavy atom. The molecule has 1 aliphatic rings. The zero-order valence-electron chi connectivity index (χ0n) is 47.8. The highest BCUT2D eigenvalue weighted by Gasteiger charge is 2.40. The fourth-order valence-corrected chi connectivity index (χ4v) is 10.0. The number of piperidine rings is 1. The average Bonchev–Trinajstić information content (AvgIpc) is 3.91. The van der Waals surface area contributed by atoms with Crippen molar-refractivity contribution in [3.63, 3.8) is 0 Å². The number of urea groups is 1. The number of rotatable bonds is 33. The number of likely N-dealkylation sites (tertiary alicyclic amines) is 1. The maximum atomic E-state index is 15.0. The van der Waals surface area contributed by atoms with Gasteiger partial charge in [-0.2, -0.15) is 0 Å². The van der Waals surface area contributed by atoms with Crippen LogP contribution in [0.5, 0.6) is 0 Å². The van der Waals surface area contributed by atoms with Crippen molar-refractivity contribution >= 4 is 76.9 Å². The van der Waals surface area contributed by atoms with Crippen LogP contribution in [-0.4, -0.2) is 143 Å². The largest absolute Gasteiger partial charge is 0.481 e. The van der Waals surface area contributed by atoms with Crippen LogP contribution in [0.4, 0.5) is 10.5 Å². The van der Waals surface area contributed by atoms with E-state index >= 15 is 0 Å². The van der Waals surface area contributed by atoms with Crippen LogP contribution in [-0.2, 0) is 54.3 Å². The first kappa shape index (κ1) is 66.6. The number of nitrogens with zero attached hydrogens (tertiary/aromatic N) is 3. The number of carboxylic acids is 1. The highest BCUT2D eigenvalue weighted by molar-refractivity contribution is 7.09. The van der Waals surface area contributed by atoms with Gasteiger partial charge in [0.2, 0.25) is 30.0 Å². The summed E-state index contributed by atoms with van der Waals surface area (Å²) in [4.78, 5) is 138. The normalized spacial score (nSPS) is 16.7. The lowest BCUT2D eigenvalue weighted by Gasteiger charge is -2.39. The first-order valence-corrected chi connectivity index (χ1v) is 28.2. The average molecular weight is 1130 g/mol. The Kier molecular flexibility index (Phi) is 27.8. The number of carbonyl (C=O) groups excluding carboxylic acids is 9.